The zero-order valence-electron chi connectivity index (χ0n) is 17.9. The monoisotopic (exact) mass is 419 g/mol. The second kappa shape index (κ2) is 6.78. The van der Waals surface area contributed by atoms with Gasteiger partial charge in [-0.2, -0.15) is 5.26 Å². The molecule has 0 spiro atoms. The minimum absolute atomic E-state index is 0.122. The van der Waals surface area contributed by atoms with Crippen molar-refractivity contribution in [1.82, 2.24) is 14.7 Å². The molecule has 2 N–H and O–H groups in total. The van der Waals surface area contributed by atoms with E-state index in [-0.39, 0.29) is 42.0 Å². The Morgan fingerprint density at radius 1 is 1.29 bits per heavy atom. The van der Waals surface area contributed by atoms with Crippen molar-refractivity contribution >= 4 is 11.8 Å². The molecule has 162 valence electrons. The van der Waals surface area contributed by atoms with Gasteiger partial charge in [-0.1, -0.05) is 23.8 Å². The quantitative estimate of drug-likeness (QED) is 0.789. The number of amides is 2. The second-order valence-corrected chi connectivity index (χ2v) is 10.2. The van der Waals surface area contributed by atoms with Gasteiger partial charge in [-0.3, -0.25) is 14.5 Å². The second-order valence-electron chi connectivity index (χ2n) is 10.2. The molecule has 31 heavy (non-hydrogen) atoms. The highest BCUT2D eigenvalue weighted by Gasteiger charge is 2.56. The minimum atomic E-state index is -0.675. The van der Waals surface area contributed by atoms with Crippen LogP contribution >= 0.6 is 0 Å². The van der Waals surface area contributed by atoms with E-state index in [0.717, 1.165) is 38.6 Å². The molecule has 2 bridgehead atoms. The fourth-order valence-electron chi connectivity index (χ4n) is 6.72. The van der Waals surface area contributed by atoms with E-state index < -0.39 is 6.04 Å². The smallest absolute Gasteiger partial charge is 0.242 e. The first-order chi connectivity index (χ1) is 15.0. The molecule has 3 heterocycles. The largest absolute Gasteiger partial charge is 0.330 e. The standard InChI is InChI=1S/C24H29N5O2/c1-13-2-4-18-14(6-13)3-5-20(18)29-17-9-22(24(29)31)27(11-17)12-19(26)23(30)28-16(10-25)7-15-8-21(15)28/h2,4,6,15-17,19-22H,3,5,7-9,11-12,26H2,1H3/t15?,16-,17-,19-,20-,21-,22-/m0/s1. The normalized spacial score (nSPS) is 36.5. The van der Waals surface area contributed by atoms with Crippen LogP contribution < -0.4 is 5.73 Å². The average Bonchev–Trinajstić information content (AvgIpc) is 3.08. The molecule has 3 aliphatic heterocycles. The van der Waals surface area contributed by atoms with E-state index in [1.54, 1.807) is 4.90 Å². The lowest BCUT2D eigenvalue weighted by atomic mass is 10.0. The summed E-state index contributed by atoms with van der Waals surface area (Å²) in [6.45, 7) is 3.29. The number of piperazine rings is 1. The SMILES string of the molecule is Cc1ccc2c(c1)CC[C@@H]2N1C(=O)[C@@H]2C[C@H]1CN2C[C@H](N)C(=O)N1[C@H](C#N)CC2C[C@@H]21. The van der Waals surface area contributed by atoms with Crippen LogP contribution in [0.4, 0.5) is 0 Å². The summed E-state index contributed by atoms with van der Waals surface area (Å²) in [6.07, 6.45) is 4.64. The highest BCUT2D eigenvalue weighted by molar-refractivity contribution is 5.87. The molecule has 4 fully saturated rings. The Morgan fingerprint density at radius 2 is 2.13 bits per heavy atom. The molecule has 2 amide bonds. The maximum Gasteiger partial charge on any atom is 0.242 e. The lowest BCUT2D eigenvalue weighted by Gasteiger charge is -2.38. The number of piperidine rings is 1. The predicted molar refractivity (Wildman–Crippen MR) is 114 cm³/mol. The van der Waals surface area contributed by atoms with Gasteiger partial charge in [-0.25, -0.2) is 0 Å². The summed E-state index contributed by atoms with van der Waals surface area (Å²) in [4.78, 5) is 32.3. The number of benzene rings is 1. The fourth-order valence-corrected chi connectivity index (χ4v) is 6.72. The van der Waals surface area contributed by atoms with Crippen molar-refractivity contribution in [3.63, 3.8) is 0 Å². The number of nitrogens with two attached hydrogens (primary N) is 1. The summed E-state index contributed by atoms with van der Waals surface area (Å²) in [5, 5.41) is 9.38. The third-order valence-electron chi connectivity index (χ3n) is 8.25. The Bertz CT molecular complexity index is 1000. The average molecular weight is 420 g/mol. The van der Waals surface area contributed by atoms with Gasteiger partial charge in [0, 0.05) is 25.2 Å². The Morgan fingerprint density at radius 3 is 2.90 bits per heavy atom. The van der Waals surface area contributed by atoms with Gasteiger partial charge >= 0.3 is 0 Å². The number of nitriles is 1. The molecule has 7 atom stereocenters. The topological polar surface area (TPSA) is 93.7 Å². The van der Waals surface area contributed by atoms with Crippen molar-refractivity contribution in [1.29, 1.82) is 5.26 Å². The van der Waals surface area contributed by atoms with Gasteiger partial charge in [0.05, 0.1) is 24.2 Å². The van der Waals surface area contributed by atoms with Gasteiger partial charge in [0.1, 0.15) is 6.04 Å². The van der Waals surface area contributed by atoms with E-state index >= 15 is 0 Å². The summed E-state index contributed by atoms with van der Waals surface area (Å²) in [6, 6.07) is 8.27. The van der Waals surface area contributed by atoms with Crippen molar-refractivity contribution in [3.05, 3.63) is 34.9 Å². The number of carbonyl (C=O) groups excluding carboxylic acids is 2. The maximum atomic E-state index is 13.3. The van der Waals surface area contributed by atoms with Gasteiger partial charge < -0.3 is 15.5 Å². The van der Waals surface area contributed by atoms with Crippen molar-refractivity contribution < 1.29 is 9.59 Å². The minimum Gasteiger partial charge on any atom is -0.330 e. The molecule has 3 saturated heterocycles. The van der Waals surface area contributed by atoms with E-state index in [0.29, 0.717) is 12.5 Å². The molecule has 7 nitrogen and oxygen atoms in total. The van der Waals surface area contributed by atoms with Crippen LogP contribution in [0.2, 0.25) is 0 Å². The van der Waals surface area contributed by atoms with Gasteiger partial charge in [0.25, 0.3) is 0 Å². The molecule has 1 aromatic rings. The number of nitrogens with zero attached hydrogens (tertiary/aromatic N) is 4. The van der Waals surface area contributed by atoms with Crippen LogP contribution in [0.5, 0.6) is 0 Å². The molecular formula is C24H29N5O2. The highest BCUT2D eigenvalue weighted by atomic mass is 16.2. The molecule has 1 unspecified atom stereocenters. The van der Waals surface area contributed by atoms with Crippen molar-refractivity contribution in [2.45, 2.75) is 75.3 Å². The van der Waals surface area contributed by atoms with E-state index in [1.807, 2.05) is 0 Å². The molecule has 1 saturated carbocycles. The predicted octanol–water partition coefficient (Wildman–Crippen LogP) is 1.11. The summed E-state index contributed by atoms with van der Waals surface area (Å²) in [5.41, 5.74) is 10.3. The number of hydrogen-bond acceptors (Lipinski definition) is 5. The number of hydrogen-bond donors (Lipinski definition) is 1. The molecule has 7 heteroatoms. The van der Waals surface area contributed by atoms with Crippen molar-refractivity contribution in [2.24, 2.45) is 11.7 Å². The van der Waals surface area contributed by atoms with Crippen LogP contribution in [-0.4, -0.2) is 69.8 Å². The Hall–Kier alpha value is -2.43. The zero-order valence-corrected chi connectivity index (χ0v) is 17.9. The van der Waals surface area contributed by atoms with Crippen LogP contribution in [0.1, 0.15) is 48.4 Å². The van der Waals surface area contributed by atoms with Crippen LogP contribution in [0, 0.1) is 24.2 Å². The van der Waals surface area contributed by atoms with Crippen molar-refractivity contribution in [2.75, 3.05) is 13.1 Å². The molecule has 0 radical (unpaired) electrons. The fraction of sp³-hybridized carbons (Fsp3) is 0.625. The first kappa shape index (κ1) is 19.3. The van der Waals surface area contributed by atoms with E-state index in [2.05, 4.69) is 41.0 Å². The number of rotatable bonds is 4. The first-order valence-electron chi connectivity index (χ1n) is 11.6. The molecular weight excluding hydrogens is 390 g/mol. The van der Waals surface area contributed by atoms with E-state index in [9.17, 15) is 14.9 Å². The Kier molecular flexibility index (Phi) is 4.22. The summed E-state index contributed by atoms with van der Waals surface area (Å²) in [5.74, 6) is 0.549. The Labute approximate surface area is 182 Å². The Balaban J connectivity index is 1.13. The van der Waals surface area contributed by atoms with Crippen LogP contribution in [0.15, 0.2) is 18.2 Å². The van der Waals surface area contributed by atoms with Crippen LogP contribution in [-0.2, 0) is 16.0 Å². The lowest BCUT2D eigenvalue weighted by Crippen LogP contribution is -2.57. The maximum absolute atomic E-state index is 13.3. The zero-order chi connectivity index (χ0) is 21.4. The number of aryl methyl sites for hydroxylation is 2. The highest BCUT2D eigenvalue weighted by Crippen LogP contribution is 2.48. The number of fused-ring (bicyclic) bond motifs is 4. The van der Waals surface area contributed by atoms with Crippen molar-refractivity contribution in [3.8, 4) is 6.07 Å². The van der Waals surface area contributed by atoms with Crippen LogP contribution in [0.3, 0.4) is 0 Å². The lowest BCUT2D eigenvalue weighted by molar-refractivity contribution is -0.141. The summed E-state index contributed by atoms with van der Waals surface area (Å²) >= 11 is 0. The summed E-state index contributed by atoms with van der Waals surface area (Å²) in [7, 11) is 0. The van der Waals surface area contributed by atoms with Gasteiger partial charge in [-0.05, 0) is 56.1 Å². The van der Waals surface area contributed by atoms with Gasteiger partial charge in [-0.15, -0.1) is 0 Å². The molecule has 5 aliphatic rings. The molecule has 0 aromatic heterocycles. The molecule has 1 aromatic carbocycles. The molecule has 2 aliphatic carbocycles. The third kappa shape index (κ3) is 2.85. The third-order valence-corrected chi connectivity index (χ3v) is 8.25. The summed E-state index contributed by atoms with van der Waals surface area (Å²) < 4.78 is 0. The number of carbonyl (C=O) groups is 2. The van der Waals surface area contributed by atoms with Gasteiger partial charge in [0.2, 0.25) is 11.8 Å². The van der Waals surface area contributed by atoms with E-state index in [1.165, 1.54) is 16.7 Å². The number of likely N-dealkylation sites (tertiary alicyclic amines) is 3. The first-order valence-corrected chi connectivity index (χ1v) is 11.6. The molecule has 6 rings (SSSR count). The van der Waals surface area contributed by atoms with Crippen LogP contribution in [0.25, 0.3) is 0 Å². The van der Waals surface area contributed by atoms with E-state index in [4.69, 9.17) is 5.73 Å². The van der Waals surface area contributed by atoms with Gasteiger partial charge in [0.15, 0.2) is 0 Å².